The van der Waals surface area contributed by atoms with Crippen molar-refractivity contribution in [2.24, 2.45) is 17.4 Å². The number of aliphatic carboxylic acids is 1. The van der Waals surface area contributed by atoms with E-state index < -0.39 is 66.3 Å². The first kappa shape index (κ1) is 30.3. The number of carboxylic acid groups (broad SMARTS) is 1. The molecule has 4 amide bonds. The van der Waals surface area contributed by atoms with Gasteiger partial charge in [-0.25, -0.2) is 4.79 Å². The van der Waals surface area contributed by atoms with Gasteiger partial charge in [0.1, 0.15) is 23.9 Å². The van der Waals surface area contributed by atoms with Crippen LogP contribution in [0.5, 0.6) is 5.75 Å². The number of carbonyl (C=O) groups excluding carboxylic acids is 4. The van der Waals surface area contributed by atoms with E-state index in [-0.39, 0.29) is 24.5 Å². The van der Waals surface area contributed by atoms with Crippen molar-refractivity contribution in [2.45, 2.75) is 70.3 Å². The van der Waals surface area contributed by atoms with Gasteiger partial charge in [-0.3, -0.25) is 19.2 Å². The van der Waals surface area contributed by atoms with E-state index in [9.17, 15) is 39.3 Å². The number of carboxylic acids is 1. The van der Waals surface area contributed by atoms with Crippen LogP contribution in [0.1, 0.15) is 39.2 Å². The van der Waals surface area contributed by atoms with Gasteiger partial charge in [-0.15, -0.1) is 0 Å². The van der Waals surface area contributed by atoms with Gasteiger partial charge >= 0.3 is 5.97 Å². The number of phenols is 1. The minimum absolute atomic E-state index is 0.00910. The maximum absolute atomic E-state index is 12.9. The summed E-state index contributed by atoms with van der Waals surface area (Å²) >= 11 is 0. The highest BCUT2D eigenvalue weighted by Crippen LogP contribution is 2.12. The number of hydrogen-bond donors (Lipinski definition) is 8. The Kier molecular flexibility index (Phi) is 11.8. The number of rotatable bonds is 14. The number of benzene rings is 1. The topological polar surface area (TPSA) is 234 Å². The number of aliphatic hydroxyl groups excluding tert-OH is 1. The van der Waals surface area contributed by atoms with E-state index in [1.807, 2.05) is 0 Å². The summed E-state index contributed by atoms with van der Waals surface area (Å²) in [7, 11) is 0. The van der Waals surface area contributed by atoms with Gasteiger partial charge in [0.2, 0.25) is 23.6 Å². The zero-order chi connectivity index (χ0) is 27.6. The predicted octanol–water partition coefficient (Wildman–Crippen LogP) is -1.90. The van der Waals surface area contributed by atoms with Crippen molar-refractivity contribution in [3.63, 3.8) is 0 Å². The first-order valence-electron chi connectivity index (χ1n) is 11.3. The van der Waals surface area contributed by atoms with E-state index in [0.717, 1.165) is 0 Å². The molecule has 0 aromatic heterocycles. The van der Waals surface area contributed by atoms with E-state index in [2.05, 4.69) is 16.0 Å². The van der Waals surface area contributed by atoms with E-state index in [4.69, 9.17) is 11.5 Å². The molecule has 10 N–H and O–H groups in total. The van der Waals surface area contributed by atoms with Crippen molar-refractivity contribution in [2.75, 3.05) is 0 Å². The van der Waals surface area contributed by atoms with Crippen LogP contribution in [-0.2, 0) is 30.4 Å². The third kappa shape index (κ3) is 10.3. The summed E-state index contributed by atoms with van der Waals surface area (Å²) in [5, 5.41) is 36.1. The Hall–Kier alpha value is -3.71. The van der Waals surface area contributed by atoms with Crippen molar-refractivity contribution in [1.82, 2.24) is 16.0 Å². The number of primary amides is 1. The van der Waals surface area contributed by atoms with Gasteiger partial charge in [0, 0.05) is 6.42 Å². The quantitative estimate of drug-likeness (QED) is 0.140. The number of phenolic OH excluding ortho intramolecular Hbond substituents is 1. The van der Waals surface area contributed by atoms with Gasteiger partial charge in [-0.1, -0.05) is 26.0 Å². The Morgan fingerprint density at radius 3 is 1.92 bits per heavy atom. The SMILES string of the molecule is CC(C)CC(NC(=O)C(N)CC(N)=O)C(=O)NC(C(=O)NC(Cc1ccc(O)cc1)C(=O)O)C(C)O. The molecule has 0 saturated heterocycles. The van der Waals surface area contributed by atoms with Crippen LogP contribution in [0.4, 0.5) is 0 Å². The van der Waals surface area contributed by atoms with Gasteiger partial charge in [-0.05, 0) is 37.0 Å². The lowest BCUT2D eigenvalue weighted by Gasteiger charge is -2.27. The van der Waals surface area contributed by atoms with E-state index in [0.29, 0.717) is 5.56 Å². The van der Waals surface area contributed by atoms with Gasteiger partial charge in [0.15, 0.2) is 0 Å². The molecule has 13 heteroatoms. The van der Waals surface area contributed by atoms with Crippen LogP contribution < -0.4 is 27.4 Å². The number of nitrogens with one attached hydrogen (secondary N) is 3. The molecule has 1 aromatic carbocycles. The molecule has 36 heavy (non-hydrogen) atoms. The maximum atomic E-state index is 12.9. The Labute approximate surface area is 208 Å². The van der Waals surface area contributed by atoms with Crippen LogP contribution in [0.3, 0.4) is 0 Å². The van der Waals surface area contributed by atoms with Crippen LogP contribution >= 0.6 is 0 Å². The Morgan fingerprint density at radius 1 is 0.889 bits per heavy atom. The molecule has 0 radical (unpaired) electrons. The molecule has 200 valence electrons. The molecule has 0 aliphatic rings. The van der Waals surface area contributed by atoms with E-state index >= 15 is 0 Å². The van der Waals surface area contributed by atoms with Gasteiger partial charge in [0.05, 0.1) is 18.6 Å². The monoisotopic (exact) mass is 509 g/mol. The number of aliphatic hydroxyl groups is 1. The third-order valence-electron chi connectivity index (χ3n) is 5.15. The number of carbonyl (C=O) groups is 5. The van der Waals surface area contributed by atoms with Crippen LogP contribution in [-0.4, -0.2) is 75.2 Å². The summed E-state index contributed by atoms with van der Waals surface area (Å²) in [6, 6.07) is 0.361. The number of nitrogens with two attached hydrogens (primary N) is 2. The Morgan fingerprint density at radius 2 is 1.44 bits per heavy atom. The molecule has 0 bridgehead atoms. The van der Waals surface area contributed by atoms with Crippen molar-refractivity contribution in [3.05, 3.63) is 29.8 Å². The minimum Gasteiger partial charge on any atom is -0.508 e. The van der Waals surface area contributed by atoms with Crippen LogP contribution in [0.2, 0.25) is 0 Å². The number of hydrogen-bond acceptors (Lipinski definition) is 8. The molecule has 5 atom stereocenters. The first-order chi connectivity index (χ1) is 16.7. The van der Waals surface area contributed by atoms with Gasteiger partial charge < -0.3 is 42.7 Å². The first-order valence-corrected chi connectivity index (χ1v) is 11.3. The smallest absolute Gasteiger partial charge is 0.326 e. The second-order valence-corrected chi connectivity index (χ2v) is 8.96. The lowest BCUT2D eigenvalue weighted by atomic mass is 10.0. The number of amides is 4. The highest BCUT2D eigenvalue weighted by atomic mass is 16.4. The summed E-state index contributed by atoms with van der Waals surface area (Å²) in [5.74, 6) is -4.79. The molecule has 5 unspecified atom stereocenters. The standard InChI is InChI=1S/C23H35N5O8/c1-11(2)8-16(26-20(32)15(24)10-18(25)31)21(33)28-19(12(3)29)22(34)27-17(23(35)36)9-13-4-6-14(30)7-5-13/h4-7,11-12,15-17,19,29-30H,8-10,24H2,1-3H3,(H2,25,31)(H,26,32)(H,27,34)(H,28,33)(H,35,36). The molecule has 1 aromatic rings. The highest BCUT2D eigenvalue weighted by Gasteiger charge is 2.33. The molecule has 0 heterocycles. The predicted molar refractivity (Wildman–Crippen MR) is 128 cm³/mol. The minimum atomic E-state index is -1.54. The van der Waals surface area contributed by atoms with Crippen molar-refractivity contribution >= 4 is 29.6 Å². The summed E-state index contributed by atoms with van der Waals surface area (Å²) < 4.78 is 0. The normalized spacial score (nSPS) is 15.2. The summed E-state index contributed by atoms with van der Waals surface area (Å²) in [6.07, 6.45) is -1.82. The molecule has 0 fully saturated rings. The Balaban J connectivity index is 2.97. The lowest BCUT2D eigenvalue weighted by molar-refractivity contribution is -0.143. The molecular weight excluding hydrogens is 474 g/mol. The number of aromatic hydroxyl groups is 1. The fraction of sp³-hybridized carbons (Fsp3) is 0.522. The fourth-order valence-electron chi connectivity index (χ4n) is 3.28. The molecule has 1 rings (SSSR count). The zero-order valence-electron chi connectivity index (χ0n) is 20.4. The van der Waals surface area contributed by atoms with Crippen LogP contribution in [0.15, 0.2) is 24.3 Å². The van der Waals surface area contributed by atoms with Crippen molar-refractivity contribution in [3.8, 4) is 5.75 Å². The van der Waals surface area contributed by atoms with Gasteiger partial charge in [0.25, 0.3) is 0 Å². The fourth-order valence-corrected chi connectivity index (χ4v) is 3.28. The third-order valence-corrected chi connectivity index (χ3v) is 5.15. The van der Waals surface area contributed by atoms with E-state index in [1.54, 1.807) is 13.8 Å². The Bertz CT molecular complexity index is 935. The molecule has 0 aliphatic heterocycles. The lowest BCUT2D eigenvalue weighted by Crippen LogP contribution is -2.60. The summed E-state index contributed by atoms with van der Waals surface area (Å²) in [5.41, 5.74) is 11.2. The van der Waals surface area contributed by atoms with E-state index in [1.165, 1.54) is 31.2 Å². The zero-order valence-corrected chi connectivity index (χ0v) is 20.4. The van der Waals surface area contributed by atoms with Crippen LogP contribution in [0.25, 0.3) is 0 Å². The molecule has 0 spiro atoms. The average Bonchev–Trinajstić information content (AvgIpc) is 2.76. The molecule has 0 saturated carbocycles. The summed E-state index contributed by atoms with van der Waals surface area (Å²) in [6.45, 7) is 4.81. The maximum Gasteiger partial charge on any atom is 0.326 e. The van der Waals surface area contributed by atoms with Crippen molar-refractivity contribution < 1.29 is 39.3 Å². The second kappa shape index (κ2) is 14.0. The average molecular weight is 510 g/mol. The summed E-state index contributed by atoms with van der Waals surface area (Å²) in [4.78, 5) is 60.8. The van der Waals surface area contributed by atoms with Crippen LogP contribution in [0, 0.1) is 5.92 Å². The highest BCUT2D eigenvalue weighted by molar-refractivity contribution is 5.95. The van der Waals surface area contributed by atoms with Gasteiger partial charge in [-0.2, -0.15) is 0 Å². The largest absolute Gasteiger partial charge is 0.508 e. The molecule has 0 aliphatic carbocycles. The molecule has 13 nitrogen and oxygen atoms in total. The van der Waals surface area contributed by atoms with Crippen molar-refractivity contribution in [1.29, 1.82) is 0 Å². The second-order valence-electron chi connectivity index (χ2n) is 8.96. The molecular formula is C23H35N5O8.